The summed E-state index contributed by atoms with van der Waals surface area (Å²) in [6.07, 6.45) is 5.09. The molecule has 2 aromatic heterocycles. The zero-order valence-corrected chi connectivity index (χ0v) is 19.2. The predicted octanol–water partition coefficient (Wildman–Crippen LogP) is 4.44. The molecule has 0 saturated carbocycles. The summed E-state index contributed by atoms with van der Waals surface area (Å²) in [5.74, 6) is 2.13. The number of nitrogens with zero attached hydrogens (tertiary/aromatic N) is 5. The second-order valence-corrected chi connectivity index (χ2v) is 10.8. The Morgan fingerprint density at radius 1 is 1.14 bits per heavy atom. The van der Waals surface area contributed by atoms with Crippen LogP contribution in [0.1, 0.15) is 63.8 Å². The summed E-state index contributed by atoms with van der Waals surface area (Å²) in [5, 5.41) is 8.55. The van der Waals surface area contributed by atoms with Gasteiger partial charge in [-0.05, 0) is 75.1 Å². The zero-order valence-electron chi connectivity index (χ0n) is 18.4. The third-order valence-electron chi connectivity index (χ3n) is 6.44. The fourth-order valence-corrected chi connectivity index (χ4v) is 5.71. The molecule has 0 radical (unpaired) electrons. The Morgan fingerprint density at radius 2 is 1.90 bits per heavy atom. The van der Waals surface area contributed by atoms with Crippen LogP contribution in [0.2, 0.25) is 0 Å². The Labute approximate surface area is 178 Å². The summed E-state index contributed by atoms with van der Waals surface area (Å²) < 4.78 is 9.75. The number of rotatable bonds is 6. The van der Waals surface area contributed by atoms with Crippen molar-refractivity contribution in [3.8, 4) is 10.6 Å². The van der Waals surface area contributed by atoms with Gasteiger partial charge in [-0.3, -0.25) is 0 Å². The maximum atomic E-state index is 5.50. The van der Waals surface area contributed by atoms with Gasteiger partial charge in [0.1, 0.15) is 4.88 Å². The van der Waals surface area contributed by atoms with Crippen molar-refractivity contribution in [2.45, 2.75) is 59.3 Å². The molecule has 1 atom stereocenters. The Morgan fingerprint density at radius 3 is 2.62 bits per heavy atom. The van der Waals surface area contributed by atoms with Crippen molar-refractivity contribution < 1.29 is 4.52 Å². The van der Waals surface area contributed by atoms with Gasteiger partial charge in [0, 0.05) is 31.6 Å². The van der Waals surface area contributed by atoms with Gasteiger partial charge in [0.15, 0.2) is 5.76 Å². The van der Waals surface area contributed by atoms with Crippen LogP contribution in [-0.4, -0.2) is 63.8 Å². The Hall–Kier alpha value is -1.31. The van der Waals surface area contributed by atoms with Gasteiger partial charge >= 0.3 is 0 Å². The van der Waals surface area contributed by atoms with Gasteiger partial charge in [-0.25, -0.2) is 0 Å². The first kappa shape index (κ1) is 20.9. The number of aromatic nitrogens is 3. The number of likely N-dealkylation sites (tertiary alicyclic amines) is 2. The SMILES string of the molecule is Cc1cc(-c2snnc2[C@H]2CCCN(CC(C)(C)CN3CCC(C)CC3)C2)on1. The first-order valence-corrected chi connectivity index (χ1v) is 11.9. The molecule has 0 aromatic carbocycles. The highest BCUT2D eigenvalue weighted by Gasteiger charge is 2.32. The smallest absolute Gasteiger partial charge is 0.180 e. The van der Waals surface area contributed by atoms with Crippen molar-refractivity contribution in [3.05, 3.63) is 17.5 Å². The summed E-state index contributed by atoms with van der Waals surface area (Å²) in [6.45, 7) is 16.3. The topological polar surface area (TPSA) is 58.3 Å². The molecule has 4 rings (SSSR count). The molecule has 4 heterocycles. The van der Waals surface area contributed by atoms with Gasteiger partial charge in [-0.1, -0.05) is 30.4 Å². The van der Waals surface area contributed by atoms with Crippen LogP contribution in [0.5, 0.6) is 0 Å². The van der Waals surface area contributed by atoms with Crippen molar-refractivity contribution in [2.75, 3.05) is 39.3 Å². The molecule has 29 heavy (non-hydrogen) atoms. The molecule has 2 fully saturated rings. The van der Waals surface area contributed by atoms with E-state index in [1.807, 2.05) is 13.0 Å². The zero-order chi connectivity index (χ0) is 20.4. The van der Waals surface area contributed by atoms with Crippen molar-refractivity contribution in [1.29, 1.82) is 0 Å². The minimum absolute atomic E-state index is 0.299. The summed E-state index contributed by atoms with van der Waals surface area (Å²) in [4.78, 5) is 6.38. The molecule has 2 saturated heterocycles. The van der Waals surface area contributed by atoms with E-state index >= 15 is 0 Å². The monoisotopic (exact) mass is 417 g/mol. The minimum Gasteiger partial charge on any atom is -0.355 e. The lowest BCUT2D eigenvalue weighted by atomic mass is 9.87. The highest BCUT2D eigenvalue weighted by molar-refractivity contribution is 7.09. The van der Waals surface area contributed by atoms with Gasteiger partial charge in [-0.2, -0.15) is 0 Å². The molecule has 6 nitrogen and oxygen atoms in total. The van der Waals surface area contributed by atoms with Crippen LogP contribution in [-0.2, 0) is 0 Å². The summed E-state index contributed by atoms with van der Waals surface area (Å²) in [5.41, 5.74) is 2.30. The molecular weight excluding hydrogens is 382 g/mol. The van der Waals surface area contributed by atoms with E-state index in [2.05, 4.69) is 45.3 Å². The molecule has 0 aliphatic carbocycles. The van der Waals surface area contributed by atoms with E-state index in [-0.39, 0.29) is 0 Å². The minimum atomic E-state index is 0.299. The number of hydrogen-bond acceptors (Lipinski definition) is 7. The Balaban J connectivity index is 1.38. The quantitative estimate of drug-likeness (QED) is 0.693. The van der Waals surface area contributed by atoms with Crippen LogP contribution >= 0.6 is 11.5 Å². The van der Waals surface area contributed by atoms with E-state index < -0.39 is 0 Å². The first-order chi connectivity index (χ1) is 13.9. The molecule has 2 aromatic rings. The standard InChI is InChI=1S/C22H35N5OS/c1-16-7-10-26(11-8-16)14-22(3,4)15-27-9-5-6-18(13-27)20-21(29-25-23-20)19-12-17(2)24-28-19/h12,16,18H,5-11,13-15H2,1-4H3/t18-/m0/s1. The Bertz CT molecular complexity index is 793. The van der Waals surface area contributed by atoms with Crippen LogP contribution in [0.3, 0.4) is 0 Å². The van der Waals surface area contributed by atoms with Crippen LogP contribution in [0, 0.1) is 18.3 Å². The predicted molar refractivity (Wildman–Crippen MR) is 117 cm³/mol. The average Bonchev–Trinajstić information content (AvgIpc) is 3.32. The van der Waals surface area contributed by atoms with E-state index in [1.165, 1.54) is 63.4 Å². The molecular formula is C22H35N5OS. The van der Waals surface area contributed by atoms with Crippen LogP contribution in [0.4, 0.5) is 0 Å². The van der Waals surface area contributed by atoms with E-state index in [1.54, 1.807) is 0 Å². The number of hydrogen-bond donors (Lipinski definition) is 0. The van der Waals surface area contributed by atoms with E-state index in [4.69, 9.17) is 4.52 Å². The highest BCUT2D eigenvalue weighted by Crippen LogP contribution is 2.36. The molecule has 7 heteroatoms. The molecule has 0 N–H and O–H groups in total. The molecule has 0 spiro atoms. The number of piperidine rings is 2. The van der Waals surface area contributed by atoms with Crippen LogP contribution < -0.4 is 0 Å². The maximum absolute atomic E-state index is 5.50. The van der Waals surface area contributed by atoms with Gasteiger partial charge < -0.3 is 14.3 Å². The molecule has 0 amide bonds. The van der Waals surface area contributed by atoms with Crippen molar-refractivity contribution >= 4 is 11.5 Å². The van der Waals surface area contributed by atoms with Crippen molar-refractivity contribution in [1.82, 2.24) is 24.5 Å². The lowest BCUT2D eigenvalue weighted by Gasteiger charge is -2.41. The van der Waals surface area contributed by atoms with Crippen LogP contribution in [0.15, 0.2) is 10.6 Å². The molecule has 160 valence electrons. The normalized spacial score (nSPS) is 23.0. The highest BCUT2D eigenvalue weighted by atomic mass is 32.1. The summed E-state index contributed by atoms with van der Waals surface area (Å²) in [6, 6.07) is 1.99. The van der Waals surface area contributed by atoms with Gasteiger partial charge in [0.25, 0.3) is 0 Å². The summed E-state index contributed by atoms with van der Waals surface area (Å²) in [7, 11) is 0. The maximum Gasteiger partial charge on any atom is 0.180 e. The fourth-order valence-electron chi connectivity index (χ4n) is 5.01. The van der Waals surface area contributed by atoms with Crippen molar-refractivity contribution in [2.24, 2.45) is 11.3 Å². The molecule has 2 aliphatic rings. The lowest BCUT2D eigenvalue weighted by Crippen LogP contribution is -2.46. The average molecular weight is 418 g/mol. The molecule has 0 unspecified atom stereocenters. The van der Waals surface area contributed by atoms with Crippen molar-refractivity contribution in [3.63, 3.8) is 0 Å². The lowest BCUT2D eigenvalue weighted by molar-refractivity contribution is 0.0846. The number of aryl methyl sites for hydroxylation is 1. The van der Waals surface area contributed by atoms with E-state index in [0.29, 0.717) is 11.3 Å². The third-order valence-corrected chi connectivity index (χ3v) is 7.19. The largest absolute Gasteiger partial charge is 0.355 e. The van der Waals surface area contributed by atoms with Crippen LogP contribution in [0.25, 0.3) is 10.6 Å². The second-order valence-electron chi connectivity index (χ2n) is 10.0. The molecule has 2 aliphatic heterocycles. The second kappa shape index (κ2) is 8.82. The van der Waals surface area contributed by atoms with Gasteiger partial charge in [0.2, 0.25) is 0 Å². The molecule has 0 bridgehead atoms. The van der Waals surface area contributed by atoms with E-state index in [9.17, 15) is 0 Å². The fraction of sp³-hybridized carbons (Fsp3) is 0.773. The first-order valence-electron chi connectivity index (χ1n) is 11.1. The summed E-state index contributed by atoms with van der Waals surface area (Å²) >= 11 is 1.43. The van der Waals surface area contributed by atoms with Gasteiger partial charge in [0.05, 0.1) is 11.4 Å². The third kappa shape index (κ3) is 5.25. The van der Waals surface area contributed by atoms with E-state index in [0.717, 1.165) is 41.0 Å². The van der Waals surface area contributed by atoms with Gasteiger partial charge in [-0.15, -0.1) is 5.10 Å². The Kier molecular flexibility index (Phi) is 6.37.